The number of morpholine rings is 1. The zero-order chi connectivity index (χ0) is 19.8. The van der Waals surface area contributed by atoms with Gasteiger partial charge in [-0.25, -0.2) is 4.79 Å². The van der Waals surface area contributed by atoms with Crippen LogP contribution in [0.3, 0.4) is 0 Å². The van der Waals surface area contributed by atoms with Gasteiger partial charge in [-0.05, 0) is 44.2 Å². The SMILES string of the molecule is CCOc1ccc(N2C[C@@H](NC(=O)NCCCN3CCOCC3)CC2=O)cc1. The lowest BCUT2D eigenvalue weighted by molar-refractivity contribution is -0.117. The van der Waals surface area contributed by atoms with Crippen molar-refractivity contribution in [3.05, 3.63) is 24.3 Å². The first-order chi connectivity index (χ1) is 13.7. The lowest BCUT2D eigenvalue weighted by Gasteiger charge is -2.26. The van der Waals surface area contributed by atoms with Gasteiger partial charge in [0.25, 0.3) is 0 Å². The van der Waals surface area contributed by atoms with Crippen molar-refractivity contribution in [1.29, 1.82) is 0 Å². The highest BCUT2D eigenvalue weighted by Crippen LogP contribution is 2.24. The zero-order valence-electron chi connectivity index (χ0n) is 16.5. The Kier molecular flexibility index (Phi) is 7.50. The molecular weight excluding hydrogens is 360 g/mol. The third-order valence-corrected chi connectivity index (χ3v) is 4.96. The van der Waals surface area contributed by atoms with Crippen LogP contribution in [-0.2, 0) is 9.53 Å². The fourth-order valence-electron chi connectivity index (χ4n) is 3.51. The van der Waals surface area contributed by atoms with Gasteiger partial charge in [-0.1, -0.05) is 0 Å². The number of anilines is 1. The Labute approximate surface area is 166 Å². The molecule has 1 atom stereocenters. The summed E-state index contributed by atoms with van der Waals surface area (Å²) < 4.78 is 10.8. The summed E-state index contributed by atoms with van der Waals surface area (Å²) in [7, 11) is 0. The van der Waals surface area contributed by atoms with E-state index in [-0.39, 0.29) is 18.0 Å². The van der Waals surface area contributed by atoms with Gasteiger partial charge in [0.15, 0.2) is 0 Å². The molecule has 8 heteroatoms. The molecule has 8 nitrogen and oxygen atoms in total. The van der Waals surface area contributed by atoms with Crippen molar-refractivity contribution in [1.82, 2.24) is 15.5 Å². The summed E-state index contributed by atoms with van der Waals surface area (Å²) in [6, 6.07) is 7.06. The molecule has 3 amide bonds. The van der Waals surface area contributed by atoms with Crippen LogP contribution in [0.1, 0.15) is 19.8 Å². The molecule has 0 radical (unpaired) electrons. The van der Waals surface area contributed by atoms with Gasteiger partial charge < -0.3 is 25.0 Å². The molecule has 0 aliphatic carbocycles. The molecule has 0 saturated carbocycles. The van der Waals surface area contributed by atoms with E-state index in [1.54, 1.807) is 4.90 Å². The number of rotatable bonds is 8. The predicted octanol–water partition coefficient (Wildman–Crippen LogP) is 1.21. The number of ether oxygens (including phenoxy) is 2. The molecule has 0 bridgehead atoms. The van der Waals surface area contributed by atoms with E-state index in [0.717, 1.165) is 50.7 Å². The number of benzene rings is 1. The molecule has 2 N–H and O–H groups in total. The van der Waals surface area contributed by atoms with Crippen LogP contribution in [0.2, 0.25) is 0 Å². The second kappa shape index (κ2) is 10.3. The first kappa shape index (κ1) is 20.4. The van der Waals surface area contributed by atoms with Crippen molar-refractivity contribution >= 4 is 17.6 Å². The minimum Gasteiger partial charge on any atom is -0.494 e. The molecule has 2 fully saturated rings. The number of urea groups is 1. The Morgan fingerprint density at radius 1 is 1.25 bits per heavy atom. The van der Waals surface area contributed by atoms with Crippen LogP contribution in [0.25, 0.3) is 0 Å². The molecule has 1 aromatic carbocycles. The van der Waals surface area contributed by atoms with E-state index in [1.165, 1.54) is 0 Å². The maximum atomic E-state index is 12.3. The van der Waals surface area contributed by atoms with E-state index < -0.39 is 0 Å². The van der Waals surface area contributed by atoms with Gasteiger partial charge in [0.1, 0.15) is 5.75 Å². The van der Waals surface area contributed by atoms with Gasteiger partial charge in [0, 0.05) is 38.3 Å². The highest BCUT2D eigenvalue weighted by Gasteiger charge is 2.31. The van der Waals surface area contributed by atoms with Crippen molar-refractivity contribution in [3.63, 3.8) is 0 Å². The molecule has 28 heavy (non-hydrogen) atoms. The van der Waals surface area contributed by atoms with E-state index in [0.29, 0.717) is 26.1 Å². The smallest absolute Gasteiger partial charge is 0.315 e. The van der Waals surface area contributed by atoms with Crippen molar-refractivity contribution in [2.24, 2.45) is 0 Å². The number of hydrogen-bond acceptors (Lipinski definition) is 5. The average molecular weight is 390 g/mol. The highest BCUT2D eigenvalue weighted by molar-refractivity contribution is 5.96. The van der Waals surface area contributed by atoms with Gasteiger partial charge in [0.05, 0.1) is 25.9 Å². The molecule has 154 valence electrons. The Morgan fingerprint density at radius 3 is 2.71 bits per heavy atom. The average Bonchev–Trinajstić information content (AvgIpc) is 3.07. The first-order valence-electron chi connectivity index (χ1n) is 10.0. The third-order valence-electron chi connectivity index (χ3n) is 4.96. The fourth-order valence-corrected chi connectivity index (χ4v) is 3.51. The van der Waals surface area contributed by atoms with E-state index in [2.05, 4.69) is 15.5 Å². The van der Waals surface area contributed by atoms with Crippen LogP contribution in [0, 0.1) is 0 Å². The molecule has 2 aliphatic rings. The van der Waals surface area contributed by atoms with Gasteiger partial charge >= 0.3 is 6.03 Å². The summed E-state index contributed by atoms with van der Waals surface area (Å²) in [5, 5.41) is 5.79. The monoisotopic (exact) mass is 390 g/mol. The quantitative estimate of drug-likeness (QED) is 0.652. The Hall–Kier alpha value is -2.32. The lowest BCUT2D eigenvalue weighted by atomic mass is 10.2. The van der Waals surface area contributed by atoms with Crippen molar-refractivity contribution in [2.75, 3.05) is 57.4 Å². The lowest BCUT2D eigenvalue weighted by Crippen LogP contribution is -2.44. The van der Waals surface area contributed by atoms with Crippen LogP contribution in [0.5, 0.6) is 5.75 Å². The van der Waals surface area contributed by atoms with Crippen molar-refractivity contribution in [3.8, 4) is 5.75 Å². The fraction of sp³-hybridized carbons (Fsp3) is 0.600. The topological polar surface area (TPSA) is 83.1 Å². The van der Waals surface area contributed by atoms with Crippen LogP contribution in [-0.4, -0.2) is 75.4 Å². The Balaban J connectivity index is 1.37. The minimum absolute atomic E-state index is 0.0155. The van der Waals surface area contributed by atoms with Crippen molar-refractivity contribution < 1.29 is 19.1 Å². The van der Waals surface area contributed by atoms with Crippen LogP contribution in [0.15, 0.2) is 24.3 Å². The molecule has 0 spiro atoms. The molecule has 2 heterocycles. The predicted molar refractivity (Wildman–Crippen MR) is 107 cm³/mol. The Morgan fingerprint density at radius 2 is 2.00 bits per heavy atom. The minimum atomic E-state index is -0.215. The molecule has 2 saturated heterocycles. The summed E-state index contributed by atoms with van der Waals surface area (Å²) in [6.45, 7) is 8.08. The van der Waals surface area contributed by atoms with E-state index in [4.69, 9.17) is 9.47 Å². The van der Waals surface area contributed by atoms with E-state index in [9.17, 15) is 9.59 Å². The maximum Gasteiger partial charge on any atom is 0.315 e. The summed E-state index contributed by atoms with van der Waals surface area (Å²) in [5.41, 5.74) is 0.823. The number of nitrogens with zero attached hydrogens (tertiary/aromatic N) is 2. The molecule has 0 unspecified atom stereocenters. The standard InChI is InChI=1S/C20H30N4O4/c1-2-28-18-6-4-17(5-7-18)24-15-16(14-19(24)25)22-20(26)21-8-3-9-23-10-12-27-13-11-23/h4-7,16H,2-3,8-15H2,1H3,(H2,21,22,26)/t16-/m0/s1. The van der Waals surface area contributed by atoms with Crippen molar-refractivity contribution in [2.45, 2.75) is 25.8 Å². The molecular formula is C20H30N4O4. The number of carbonyl (C=O) groups excluding carboxylic acids is 2. The molecule has 2 aliphatic heterocycles. The second-order valence-corrected chi connectivity index (χ2v) is 7.04. The molecule has 1 aromatic rings. The Bertz CT molecular complexity index is 646. The van der Waals surface area contributed by atoms with E-state index in [1.807, 2.05) is 31.2 Å². The van der Waals surface area contributed by atoms with E-state index >= 15 is 0 Å². The summed E-state index contributed by atoms with van der Waals surface area (Å²) in [4.78, 5) is 28.5. The number of amides is 3. The van der Waals surface area contributed by atoms with Crippen LogP contribution in [0.4, 0.5) is 10.5 Å². The van der Waals surface area contributed by atoms with Gasteiger partial charge in [-0.2, -0.15) is 0 Å². The highest BCUT2D eigenvalue weighted by atomic mass is 16.5. The zero-order valence-corrected chi connectivity index (χ0v) is 16.5. The summed E-state index contributed by atoms with van der Waals surface area (Å²) in [5.74, 6) is 0.797. The number of nitrogens with one attached hydrogen (secondary N) is 2. The van der Waals surface area contributed by atoms with Crippen LogP contribution >= 0.6 is 0 Å². The van der Waals surface area contributed by atoms with Gasteiger partial charge in [-0.3, -0.25) is 9.69 Å². The molecule has 0 aromatic heterocycles. The third kappa shape index (κ3) is 5.84. The van der Waals surface area contributed by atoms with Gasteiger partial charge in [0.2, 0.25) is 5.91 Å². The normalized spacial score (nSPS) is 20.2. The summed E-state index contributed by atoms with van der Waals surface area (Å²) in [6.07, 6.45) is 1.21. The molecule has 3 rings (SSSR count). The largest absolute Gasteiger partial charge is 0.494 e. The maximum absolute atomic E-state index is 12.3. The second-order valence-electron chi connectivity index (χ2n) is 7.04. The summed E-state index contributed by atoms with van der Waals surface area (Å²) >= 11 is 0. The number of hydrogen-bond donors (Lipinski definition) is 2. The number of carbonyl (C=O) groups is 2. The van der Waals surface area contributed by atoms with Crippen LogP contribution < -0.4 is 20.3 Å². The first-order valence-corrected chi connectivity index (χ1v) is 10.0. The van der Waals surface area contributed by atoms with Gasteiger partial charge in [-0.15, -0.1) is 0 Å².